The number of amides is 1. The number of piperidine rings is 1. The first-order chi connectivity index (χ1) is 11.7. The second kappa shape index (κ2) is 9.44. The summed E-state index contributed by atoms with van der Waals surface area (Å²) in [6.45, 7) is 1.41. The molecule has 1 fully saturated rings. The van der Waals surface area contributed by atoms with E-state index in [1.54, 1.807) is 0 Å². The number of hydrogen-bond donors (Lipinski definition) is 1. The number of nitrogens with zero attached hydrogens (tertiary/aromatic N) is 1. The van der Waals surface area contributed by atoms with Crippen LogP contribution in [0.15, 0.2) is 60.7 Å². The van der Waals surface area contributed by atoms with Crippen LogP contribution in [-0.4, -0.2) is 36.0 Å². The zero-order chi connectivity index (χ0) is 16.8. The number of para-hydroxylation sites is 1. The smallest absolute Gasteiger partial charge is 0.239 e. The van der Waals surface area contributed by atoms with E-state index in [-0.39, 0.29) is 24.4 Å². The molecule has 1 amide bonds. The van der Waals surface area contributed by atoms with Gasteiger partial charge in [-0.25, -0.2) is 0 Å². The van der Waals surface area contributed by atoms with Gasteiger partial charge >= 0.3 is 0 Å². The van der Waals surface area contributed by atoms with E-state index in [4.69, 9.17) is 10.5 Å². The predicted molar refractivity (Wildman–Crippen MR) is 102 cm³/mol. The van der Waals surface area contributed by atoms with E-state index in [9.17, 15) is 4.79 Å². The minimum Gasteiger partial charge on any atom is -0.490 e. The maximum atomic E-state index is 12.5. The van der Waals surface area contributed by atoms with Gasteiger partial charge in [-0.05, 0) is 24.1 Å². The third kappa shape index (κ3) is 5.48. The molecule has 25 heavy (non-hydrogen) atoms. The van der Waals surface area contributed by atoms with Gasteiger partial charge in [0.1, 0.15) is 11.9 Å². The van der Waals surface area contributed by atoms with Crippen LogP contribution in [0.3, 0.4) is 0 Å². The number of carbonyl (C=O) groups excluding carboxylic acids is 1. The van der Waals surface area contributed by atoms with Crippen LogP contribution in [0.25, 0.3) is 0 Å². The Hall–Kier alpha value is -2.04. The van der Waals surface area contributed by atoms with Crippen molar-refractivity contribution < 1.29 is 9.53 Å². The Morgan fingerprint density at radius 2 is 1.60 bits per heavy atom. The summed E-state index contributed by atoms with van der Waals surface area (Å²) in [7, 11) is 0. The first kappa shape index (κ1) is 19.3. The van der Waals surface area contributed by atoms with Gasteiger partial charge in [0.05, 0.1) is 6.04 Å². The number of carbonyl (C=O) groups is 1. The standard InChI is InChI=1S/C20H24N2O2.ClH/c21-19(15-16-7-3-1-4-8-16)20(23)22-13-11-18(12-14-22)24-17-9-5-2-6-10-17;/h1-10,18-19H,11-15,21H2;1H. The predicted octanol–water partition coefficient (Wildman–Crippen LogP) is 3.05. The van der Waals surface area contributed by atoms with Crippen molar-refractivity contribution in [3.05, 3.63) is 66.2 Å². The van der Waals surface area contributed by atoms with Crippen molar-refractivity contribution in [3.63, 3.8) is 0 Å². The highest BCUT2D eigenvalue weighted by Gasteiger charge is 2.27. The lowest BCUT2D eigenvalue weighted by molar-refractivity contribution is -0.134. The first-order valence-electron chi connectivity index (χ1n) is 8.52. The fourth-order valence-corrected chi connectivity index (χ4v) is 3.08. The Morgan fingerprint density at radius 1 is 1.04 bits per heavy atom. The maximum absolute atomic E-state index is 12.5. The normalized spacial score (nSPS) is 16.0. The van der Waals surface area contributed by atoms with E-state index < -0.39 is 6.04 Å². The number of nitrogens with two attached hydrogens (primary N) is 1. The minimum absolute atomic E-state index is 0. The molecule has 1 unspecified atom stereocenters. The quantitative estimate of drug-likeness (QED) is 0.891. The van der Waals surface area contributed by atoms with E-state index in [0.29, 0.717) is 19.5 Å². The lowest BCUT2D eigenvalue weighted by atomic mass is 10.0. The molecule has 1 aliphatic heterocycles. The van der Waals surface area contributed by atoms with E-state index >= 15 is 0 Å². The van der Waals surface area contributed by atoms with Crippen molar-refractivity contribution in [2.24, 2.45) is 5.73 Å². The average molecular weight is 361 g/mol. The molecule has 4 nitrogen and oxygen atoms in total. The first-order valence-corrected chi connectivity index (χ1v) is 8.52. The molecule has 134 valence electrons. The lowest BCUT2D eigenvalue weighted by Gasteiger charge is -2.33. The van der Waals surface area contributed by atoms with Gasteiger partial charge in [-0.2, -0.15) is 0 Å². The topological polar surface area (TPSA) is 55.6 Å². The van der Waals surface area contributed by atoms with Gasteiger partial charge in [0.2, 0.25) is 5.91 Å². The van der Waals surface area contributed by atoms with Gasteiger partial charge < -0.3 is 15.4 Å². The van der Waals surface area contributed by atoms with Crippen molar-refractivity contribution >= 4 is 18.3 Å². The van der Waals surface area contributed by atoms with Gasteiger partial charge in [-0.3, -0.25) is 4.79 Å². The number of likely N-dealkylation sites (tertiary alicyclic amines) is 1. The molecule has 0 aliphatic carbocycles. The van der Waals surface area contributed by atoms with Crippen molar-refractivity contribution in [2.75, 3.05) is 13.1 Å². The molecule has 0 radical (unpaired) electrons. The van der Waals surface area contributed by atoms with Gasteiger partial charge in [-0.15, -0.1) is 12.4 Å². The monoisotopic (exact) mass is 360 g/mol. The Labute approximate surface area is 155 Å². The highest BCUT2D eigenvalue weighted by atomic mass is 35.5. The summed E-state index contributed by atoms with van der Waals surface area (Å²) in [5.74, 6) is 0.931. The van der Waals surface area contributed by atoms with Crippen LogP contribution >= 0.6 is 12.4 Å². The van der Waals surface area contributed by atoms with Crippen LogP contribution in [0, 0.1) is 0 Å². The molecule has 0 aromatic heterocycles. The summed E-state index contributed by atoms with van der Waals surface area (Å²) in [5.41, 5.74) is 7.21. The number of rotatable bonds is 5. The number of hydrogen-bond acceptors (Lipinski definition) is 3. The van der Waals surface area contributed by atoms with Gasteiger partial charge in [0, 0.05) is 25.9 Å². The SMILES string of the molecule is Cl.NC(Cc1ccccc1)C(=O)N1CCC(Oc2ccccc2)CC1. The second-order valence-corrected chi connectivity index (χ2v) is 6.25. The highest BCUT2D eigenvalue weighted by molar-refractivity contribution is 5.85. The molecule has 5 heteroatoms. The molecule has 1 atom stereocenters. The molecule has 3 rings (SSSR count). The molecule has 0 bridgehead atoms. The summed E-state index contributed by atoms with van der Waals surface area (Å²) >= 11 is 0. The molecule has 2 aromatic carbocycles. The van der Waals surface area contributed by atoms with Crippen LogP contribution in [0.1, 0.15) is 18.4 Å². The van der Waals surface area contributed by atoms with Crippen molar-refractivity contribution in [1.82, 2.24) is 4.90 Å². The van der Waals surface area contributed by atoms with Gasteiger partial charge in [-0.1, -0.05) is 48.5 Å². The van der Waals surface area contributed by atoms with Crippen LogP contribution < -0.4 is 10.5 Å². The van der Waals surface area contributed by atoms with Crippen LogP contribution in [0.4, 0.5) is 0 Å². The highest BCUT2D eigenvalue weighted by Crippen LogP contribution is 2.19. The Balaban J connectivity index is 0.00000225. The third-order valence-corrected chi connectivity index (χ3v) is 4.42. The fraction of sp³-hybridized carbons (Fsp3) is 0.350. The van der Waals surface area contributed by atoms with E-state index in [2.05, 4.69) is 0 Å². The Bertz CT molecular complexity index is 643. The molecule has 0 saturated carbocycles. The number of halogens is 1. The van der Waals surface area contributed by atoms with E-state index in [1.807, 2.05) is 65.6 Å². The number of benzene rings is 2. The molecular formula is C20H25ClN2O2. The molecule has 2 N–H and O–H groups in total. The number of ether oxygens (including phenoxy) is 1. The third-order valence-electron chi connectivity index (χ3n) is 4.42. The van der Waals surface area contributed by atoms with Crippen molar-refractivity contribution in [2.45, 2.75) is 31.4 Å². The molecule has 0 spiro atoms. The van der Waals surface area contributed by atoms with E-state index in [1.165, 1.54) is 0 Å². The van der Waals surface area contributed by atoms with Gasteiger partial charge in [0.25, 0.3) is 0 Å². The molecular weight excluding hydrogens is 336 g/mol. The summed E-state index contributed by atoms with van der Waals surface area (Å²) < 4.78 is 5.97. The summed E-state index contributed by atoms with van der Waals surface area (Å²) in [6.07, 6.45) is 2.44. The van der Waals surface area contributed by atoms with Gasteiger partial charge in [0.15, 0.2) is 0 Å². The summed E-state index contributed by atoms with van der Waals surface area (Å²) in [6, 6.07) is 19.3. The van der Waals surface area contributed by atoms with Crippen LogP contribution in [-0.2, 0) is 11.2 Å². The van der Waals surface area contributed by atoms with Crippen molar-refractivity contribution in [1.29, 1.82) is 0 Å². The van der Waals surface area contributed by atoms with Crippen molar-refractivity contribution in [3.8, 4) is 5.75 Å². The maximum Gasteiger partial charge on any atom is 0.239 e. The molecule has 2 aromatic rings. The minimum atomic E-state index is -0.473. The van der Waals surface area contributed by atoms with E-state index in [0.717, 1.165) is 24.2 Å². The lowest BCUT2D eigenvalue weighted by Crippen LogP contribution is -2.49. The zero-order valence-corrected chi connectivity index (χ0v) is 15.0. The summed E-state index contributed by atoms with van der Waals surface area (Å²) in [5, 5.41) is 0. The summed E-state index contributed by atoms with van der Waals surface area (Å²) in [4.78, 5) is 14.4. The Kier molecular flexibility index (Phi) is 7.29. The zero-order valence-electron chi connectivity index (χ0n) is 14.2. The van der Waals surface area contributed by atoms with Crippen LogP contribution in [0.2, 0.25) is 0 Å². The molecule has 1 heterocycles. The average Bonchev–Trinajstić information content (AvgIpc) is 2.63. The Morgan fingerprint density at radius 3 is 2.20 bits per heavy atom. The molecule has 1 aliphatic rings. The van der Waals surface area contributed by atoms with Crippen LogP contribution in [0.5, 0.6) is 5.75 Å². The fourth-order valence-electron chi connectivity index (χ4n) is 3.08. The molecule has 1 saturated heterocycles. The second-order valence-electron chi connectivity index (χ2n) is 6.25. The largest absolute Gasteiger partial charge is 0.490 e.